The fourth-order valence-electron chi connectivity index (χ4n) is 0.785. The van der Waals surface area contributed by atoms with Crippen LogP contribution >= 0.6 is 11.3 Å². The molecule has 0 spiro atoms. The molecule has 0 saturated carbocycles. The fourth-order valence-corrected chi connectivity index (χ4v) is 1.40. The molecule has 0 amide bonds. The summed E-state index contributed by atoms with van der Waals surface area (Å²) in [6, 6.07) is 2.09. The van der Waals surface area contributed by atoms with Gasteiger partial charge in [0.05, 0.1) is 0 Å². The van der Waals surface area contributed by atoms with Crippen LogP contribution in [0, 0.1) is 0 Å². The molecule has 1 aromatic rings. The molecule has 1 N–H and O–H groups in total. The second-order valence-electron chi connectivity index (χ2n) is 2.65. The maximum atomic E-state index is 3.84. The van der Waals surface area contributed by atoms with Gasteiger partial charge in [-0.1, -0.05) is 5.57 Å². The molecule has 0 unspecified atom stereocenters. The van der Waals surface area contributed by atoms with Gasteiger partial charge in [0.1, 0.15) is 0 Å². The molecule has 0 aliphatic carbocycles. The van der Waals surface area contributed by atoms with E-state index in [4.69, 9.17) is 0 Å². The molecule has 1 aromatic heterocycles. The third-order valence-electron chi connectivity index (χ3n) is 1.40. The lowest BCUT2D eigenvalue weighted by atomic mass is 10.2. The summed E-state index contributed by atoms with van der Waals surface area (Å²) in [6.45, 7) is 6.88. The van der Waals surface area contributed by atoms with E-state index in [1.54, 1.807) is 11.3 Å². The standard InChI is InChI=1S/C9H13NS/c1-8(2)3-5-10-9-4-6-11-7-9/h4,6-7,10H,1,3,5H2,2H3. The van der Waals surface area contributed by atoms with Crippen molar-refractivity contribution in [2.45, 2.75) is 13.3 Å². The largest absolute Gasteiger partial charge is 0.384 e. The van der Waals surface area contributed by atoms with Crippen LogP contribution in [0.5, 0.6) is 0 Å². The zero-order valence-electron chi connectivity index (χ0n) is 6.76. The summed E-state index contributed by atoms with van der Waals surface area (Å²) < 4.78 is 0. The summed E-state index contributed by atoms with van der Waals surface area (Å²) in [5, 5.41) is 7.49. The summed E-state index contributed by atoms with van der Waals surface area (Å²) in [7, 11) is 0. The van der Waals surface area contributed by atoms with Crippen LogP contribution in [0.1, 0.15) is 13.3 Å². The average molecular weight is 167 g/mol. The summed E-state index contributed by atoms with van der Waals surface area (Å²) in [4.78, 5) is 0. The Morgan fingerprint density at radius 1 is 1.73 bits per heavy atom. The first kappa shape index (κ1) is 8.34. The Bertz CT molecular complexity index is 213. The lowest BCUT2D eigenvalue weighted by molar-refractivity contribution is 1.00. The van der Waals surface area contributed by atoms with Crippen molar-refractivity contribution in [2.75, 3.05) is 11.9 Å². The quantitative estimate of drug-likeness (QED) is 0.679. The first-order chi connectivity index (χ1) is 5.29. The van der Waals surface area contributed by atoms with Crippen molar-refractivity contribution in [1.29, 1.82) is 0 Å². The minimum atomic E-state index is 0.992. The minimum Gasteiger partial charge on any atom is -0.384 e. The number of hydrogen-bond acceptors (Lipinski definition) is 2. The van der Waals surface area contributed by atoms with Gasteiger partial charge < -0.3 is 5.32 Å². The van der Waals surface area contributed by atoms with E-state index in [2.05, 4.69) is 35.6 Å². The Morgan fingerprint density at radius 3 is 3.09 bits per heavy atom. The Morgan fingerprint density at radius 2 is 2.55 bits per heavy atom. The molecule has 0 aromatic carbocycles. The number of rotatable bonds is 4. The van der Waals surface area contributed by atoms with E-state index in [1.807, 2.05) is 0 Å². The summed E-state index contributed by atoms with van der Waals surface area (Å²) in [5.74, 6) is 0. The van der Waals surface area contributed by atoms with Crippen molar-refractivity contribution in [3.8, 4) is 0 Å². The molecule has 0 radical (unpaired) electrons. The molecule has 0 aliphatic rings. The van der Waals surface area contributed by atoms with Gasteiger partial charge in [0.25, 0.3) is 0 Å². The van der Waals surface area contributed by atoms with Gasteiger partial charge in [-0.15, -0.1) is 6.58 Å². The highest BCUT2D eigenvalue weighted by Gasteiger charge is 1.90. The van der Waals surface area contributed by atoms with Gasteiger partial charge >= 0.3 is 0 Å². The number of hydrogen-bond donors (Lipinski definition) is 1. The molecule has 0 bridgehead atoms. The molecular weight excluding hydrogens is 154 g/mol. The van der Waals surface area contributed by atoms with Crippen molar-refractivity contribution in [2.24, 2.45) is 0 Å². The van der Waals surface area contributed by atoms with Crippen LogP contribution in [0.2, 0.25) is 0 Å². The second-order valence-corrected chi connectivity index (χ2v) is 3.43. The SMILES string of the molecule is C=C(C)CCNc1ccsc1. The topological polar surface area (TPSA) is 12.0 Å². The Hall–Kier alpha value is -0.760. The predicted molar refractivity (Wildman–Crippen MR) is 52.2 cm³/mol. The lowest BCUT2D eigenvalue weighted by Gasteiger charge is -2.01. The molecule has 1 nitrogen and oxygen atoms in total. The molecular formula is C9H13NS. The van der Waals surface area contributed by atoms with Gasteiger partial charge in [-0.2, -0.15) is 11.3 Å². The van der Waals surface area contributed by atoms with E-state index in [9.17, 15) is 0 Å². The Balaban J connectivity index is 2.19. The molecule has 0 atom stereocenters. The maximum absolute atomic E-state index is 3.84. The first-order valence-corrected chi connectivity index (χ1v) is 4.64. The number of thiophene rings is 1. The van der Waals surface area contributed by atoms with Crippen molar-refractivity contribution in [3.05, 3.63) is 29.0 Å². The molecule has 60 valence electrons. The summed E-state index contributed by atoms with van der Waals surface area (Å²) in [5.41, 5.74) is 2.45. The molecule has 1 heterocycles. The lowest BCUT2D eigenvalue weighted by Crippen LogP contribution is -1.99. The van der Waals surface area contributed by atoms with Crippen LogP contribution < -0.4 is 5.32 Å². The van der Waals surface area contributed by atoms with Crippen molar-refractivity contribution < 1.29 is 0 Å². The van der Waals surface area contributed by atoms with Gasteiger partial charge in [-0.25, -0.2) is 0 Å². The van der Waals surface area contributed by atoms with Crippen molar-refractivity contribution in [3.63, 3.8) is 0 Å². The van der Waals surface area contributed by atoms with E-state index in [0.29, 0.717) is 0 Å². The predicted octanol–water partition coefficient (Wildman–Crippen LogP) is 3.13. The fraction of sp³-hybridized carbons (Fsp3) is 0.333. The van der Waals surface area contributed by atoms with Crippen LogP contribution in [0.15, 0.2) is 29.0 Å². The van der Waals surface area contributed by atoms with Gasteiger partial charge in [0.2, 0.25) is 0 Å². The van der Waals surface area contributed by atoms with E-state index >= 15 is 0 Å². The van der Waals surface area contributed by atoms with E-state index in [-0.39, 0.29) is 0 Å². The zero-order valence-corrected chi connectivity index (χ0v) is 7.58. The van der Waals surface area contributed by atoms with Gasteiger partial charge in [-0.3, -0.25) is 0 Å². The van der Waals surface area contributed by atoms with E-state index < -0.39 is 0 Å². The van der Waals surface area contributed by atoms with Crippen LogP contribution in [0.3, 0.4) is 0 Å². The number of nitrogens with one attached hydrogen (secondary N) is 1. The Labute approximate surface area is 71.8 Å². The molecule has 0 fully saturated rings. The van der Waals surface area contributed by atoms with E-state index in [0.717, 1.165) is 13.0 Å². The van der Waals surface area contributed by atoms with Gasteiger partial charge in [-0.05, 0) is 24.8 Å². The average Bonchev–Trinajstić information content (AvgIpc) is 2.39. The van der Waals surface area contributed by atoms with Crippen LogP contribution in [0.4, 0.5) is 5.69 Å². The highest BCUT2D eigenvalue weighted by Crippen LogP contribution is 2.11. The highest BCUT2D eigenvalue weighted by molar-refractivity contribution is 7.08. The molecule has 0 saturated heterocycles. The van der Waals surface area contributed by atoms with Crippen LogP contribution in [-0.4, -0.2) is 6.54 Å². The number of anilines is 1. The van der Waals surface area contributed by atoms with Crippen LogP contribution in [0.25, 0.3) is 0 Å². The minimum absolute atomic E-state index is 0.992. The third kappa shape index (κ3) is 3.23. The van der Waals surface area contributed by atoms with Crippen molar-refractivity contribution >= 4 is 17.0 Å². The highest BCUT2D eigenvalue weighted by atomic mass is 32.1. The summed E-state index contributed by atoms with van der Waals surface area (Å²) >= 11 is 1.71. The summed E-state index contributed by atoms with van der Waals surface area (Å²) in [6.07, 6.45) is 1.05. The second kappa shape index (κ2) is 4.19. The van der Waals surface area contributed by atoms with Crippen molar-refractivity contribution in [1.82, 2.24) is 0 Å². The smallest absolute Gasteiger partial charge is 0.0448 e. The normalized spacial score (nSPS) is 9.55. The van der Waals surface area contributed by atoms with Gasteiger partial charge in [0, 0.05) is 17.6 Å². The molecule has 1 rings (SSSR count). The first-order valence-electron chi connectivity index (χ1n) is 3.69. The third-order valence-corrected chi connectivity index (χ3v) is 2.09. The molecule has 11 heavy (non-hydrogen) atoms. The molecule has 0 aliphatic heterocycles. The maximum Gasteiger partial charge on any atom is 0.0448 e. The Kier molecular flexibility index (Phi) is 3.17. The zero-order chi connectivity index (χ0) is 8.10. The van der Waals surface area contributed by atoms with Crippen LogP contribution in [-0.2, 0) is 0 Å². The monoisotopic (exact) mass is 167 g/mol. The van der Waals surface area contributed by atoms with E-state index in [1.165, 1.54) is 11.3 Å². The van der Waals surface area contributed by atoms with Gasteiger partial charge in [0.15, 0.2) is 0 Å². The molecule has 2 heteroatoms.